The molecule has 1 unspecified atom stereocenters. The van der Waals surface area contributed by atoms with Crippen molar-refractivity contribution >= 4 is 5.91 Å². The molecule has 1 aliphatic carbocycles. The summed E-state index contributed by atoms with van der Waals surface area (Å²) in [7, 11) is 0. The van der Waals surface area contributed by atoms with Gasteiger partial charge in [0.2, 0.25) is 11.8 Å². The van der Waals surface area contributed by atoms with Gasteiger partial charge in [0.15, 0.2) is 5.82 Å². The smallest absolute Gasteiger partial charge is 0.231 e. The molecule has 0 spiro atoms. The van der Waals surface area contributed by atoms with Gasteiger partial charge in [-0.15, -0.1) is 0 Å². The molecule has 6 heteroatoms. The summed E-state index contributed by atoms with van der Waals surface area (Å²) in [4.78, 5) is 18.6. The van der Waals surface area contributed by atoms with E-state index in [1.54, 1.807) is 0 Å². The van der Waals surface area contributed by atoms with E-state index in [2.05, 4.69) is 10.1 Å². The lowest BCUT2D eigenvalue weighted by molar-refractivity contribution is -0.131. The Morgan fingerprint density at radius 3 is 3.04 bits per heavy atom. The fraction of sp³-hybridized carbons (Fsp3) is 0.526. The second-order valence-electron chi connectivity index (χ2n) is 7.01. The molecule has 2 heterocycles. The van der Waals surface area contributed by atoms with E-state index in [4.69, 9.17) is 9.26 Å². The number of hydrogen-bond donors (Lipinski definition) is 0. The van der Waals surface area contributed by atoms with Gasteiger partial charge in [-0.05, 0) is 43.9 Å². The summed E-state index contributed by atoms with van der Waals surface area (Å²) in [5, 5.41) is 4.06. The van der Waals surface area contributed by atoms with Gasteiger partial charge in [-0.25, -0.2) is 0 Å². The Morgan fingerprint density at radius 1 is 1.36 bits per heavy atom. The highest BCUT2D eigenvalue weighted by Crippen LogP contribution is 2.34. The summed E-state index contributed by atoms with van der Waals surface area (Å²) < 4.78 is 11.2. The van der Waals surface area contributed by atoms with E-state index in [9.17, 15) is 4.79 Å². The Morgan fingerprint density at radius 2 is 2.24 bits per heavy atom. The lowest BCUT2D eigenvalue weighted by Crippen LogP contribution is -2.29. The average molecular weight is 341 g/mol. The van der Waals surface area contributed by atoms with Gasteiger partial charge in [0, 0.05) is 25.4 Å². The molecule has 1 atom stereocenters. The van der Waals surface area contributed by atoms with Crippen molar-refractivity contribution < 1.29 is 14.1 Å². The number of aromatic nitrogens is 2. The van der Waals surface area contributed by atoms with Crippen LogP contribution in [0.4, 0.5) is 0 Å². The molecule has 1 aromatic heterocycles. The number of aryl methyl sites for hydroxylation is 1. The van der Waals surface area contributed by atoms with Crippen LogP contribution in [0.3, 0.4) is 0 Å². The highest BCUT2D eigenvalue weighted by Gasteiger charge is 2.38. The van der Waals surface area contributed by atoms with E-state index in [1.165, 1.54) is 5.56 Å². The van der Waals surface area contributed by atoms with Crippen LogP contribution in [-0.2, 0) is 11.2 Å². The fourth-order valence-corrected chi connectivity index (χ4v) is 3.25. The standard InChI is InChI=1S/C19H23N3O3/c1-13-3-2-4-16(11-13)24-10-8-17-20-18(25-21-17)15-7-9-22(12-15)19(23)14-5-6-14/h2-4,11,14-15H,5-10,12H2,1H3. The summed E-state index contributed by atoms with van der Waals surface area (Å²) in [5.74, 6) is 2.91. The van der Waals surface area contributed by atoms with E-state index in [1.807, 2.05) is 36.1 Å². The molecule has 2 aliphatic rings. The summed E-state index contributed by atoms with van der Waals surface area (Å²) in [6, 6.07) is 7.97. The number of rotatable bonds is 6. The van der Waals surface area contributed by atoms with E-state index < -0.39 is 0 Å². The molecule has 1 saturated heterocycles. The summed E-state index contributed by atoms with van der Waals surface area (Å²) in [5.41, 5.74) is 1.17. The Balaban J connectivity index is 1.28. The first kappa shape index (κ1) is 16.1. The average Bonchev–Trinajstić information content (AvgIpc) is 3.15. The summed E-state index contributed by atoms with van der Waals surface area (Å²) in [6.45, 7) is 4.06. The first-order valence-corrected chi connectivity index (χ1v) is 9.00. The molecule has 132 valence electrons. The Labute approximate surface area is 147 Å². The molecular weight excluding hydrogens is 318 g/mol. The first-order valence-electron chi connectivity index (χ1n) is 9.00. The van der Waals surface area contributed by atoms with Gasteiger partial charge in [-0.2, -0.15) is 4.98 Å². The van der Waals surface area contributed by atoms with E-state index in [0.717, 1.165) is 31.6 Å². The molecule has 1 saturated carbocycles. The van der Waals surface area contributed by atoms with Crippen molar-refractivity contribution in [1.82, 2.24) is 15.0 Å². The lowest BCUT2D eigenvalue weighted by Gasteiger charge is -2.14. The minimum absolute atomic E-state index is 0.168. The second-order valence-corrected chi connectivity index (χ2v) is 7.01. The van der Waals surface area contributed by atoms with Gasteiger partial charge < -0.3 is 14.2 Å². The van der Waals surface area contributed by atoms with Crippen molar-refractivity contribution in [2.24, 2.45) is 5.92 Å². The van der Waals surface area contributed by atoms with Crippen LogP contribution in [0.25, 0.3) is 0 Å². The van der Waals surface area contributed by atoms with Gasteiger partial charge in [-0.1, -0.05) is 17.3 Å². The lowest BCUT2D eigenvalue weighted by atomic mass is 10.1. The zero-order chi connectivity index (χ0) is 17.2. The van der Waals surface area contributed by atoms with Gasteiger partial charge >= 0.3 is 0 Å². The van der Waals surface area contributed by atoms with Gasteiger partial charge in [-0.3, -0.25) is 4.79 Å². The molecule has 0 bridgehead atoms. The third kappa shape index (κ3) is 3.83. The van der Waals surface area contributed by atoms with Crippen LogP contribution in [0.1, 0.15) is 42.5 Å². The highest BCUT2D eigenvalue weighted by molar-refractivity contribution is 5.81. The van der Waals surface area contributed by atoms with E-state index >= 15 is 0 Å². The van der Waals surface area contributed by atoms with Crippen molar-refractivity contribution in [2.75, 3.05) is 19.7 Å². The summed E-state index contributed by atoms with van der Waals surface area (Å²) >= 11 is 0. The quantitative estimate of drug-likeness (QED) is 0.808. The van der Waals surface area contributed by atoms with E-state index in [0.29, 0.717) is 37.2 Å². The van der Waals surface area contributed by atoms with Crippen molar-refractivity contribution in [3.8, 4) is 5.75 Å². The minimum Gasteiger partial charge on any atom is -0.493 e. The van der Waals surface area contributed by atoms with Crippen LogP contribution < -0.4 is 4.74 Å². The van der Waals surface area contributed by atoms with Crippen molar-refractivity contribution in [3.63, 3.8) is 0 Å². The van der Waals surface area contributed by atoms with E-state index in [-0.39, 0.29) is 11.8 Å². The molecule has 1 amide bonds. The SMILES string of the molecule is Cc1cccc(OCCc2noc(C3CCN(C(=O)C4CC4)C3)n2)c1. The zero-order valence-corrected chi connectivity index (χ0v) is 14.5. The predicted octanol–water partition coefficient (Wildman–Crippen LogP) is 2.73. The Hall–Kier alpha value is -2.37. The minimum atomic E-state index is 0.168. The van der Waals surface area contributed by atoms with Crippen LogP contribution in [-0.4, -0.2) is 40.6 Å². The first-order chi connectivity index (χ1) is 12.2. The normalized spacial score (nSPS) is 20.0. The van der Waals surface area contributed by atoms with Crippen molar-refractivity contribution in [3.05, 3.63) is 41.5 Å². The van der Waals surface area contributed by atoms with Gasteiger partial charge in [0.25, 0.3) is 0 Å². The maximum atomic E-state index is 12.1. The number of ether oxygens (including phenoxy) is 1. The molecule has 25 heavy (non-hydrogen) atoms. The van der Waals surface area contributed by atoms with Gasteiger partial charge in [0.05, 0.1) is 12.5 Å². The second kappa shape index (κ2) is 6.86. The largest absolute Gasteiger partial charge is 0.493 e. The molecule has 4 rings (SSSR count). The summed E-state index contributed by atoms with van der Waals surface area (Å²) in [6.07, 6.45) is 3.60. The maximum absolute atomic E-state index is 12.1. The number of amides is 1. The molecule has 0 N–H and O–H groups in total. The van der Waals surface area contributed by atoms with Crippen molar-refractivity contribution in [1.29, 1.82) is 0 Å². The Bertz CT molecular complexity index is 754. The van der Waals surface area contributed by atoms with Crippen molar-refractivity contribution in [2.45, 2.75) is 38.5 Å². The monoisotopic (exact) mass is 341 g/mol. The number of hydrogen-bond acceptors (Lipinski definition) is 5. The number of likely N-dealkylation sites (tertiary alicyclic amines) is 1. The molecule has 0 radical (unpaired) electrons. The van der Waals surface area contributed by atoms with Crippen LogP contribution in [0, 0.1) is 12.8 Å². The maximum Gasteiger partial charge on any atom is 0.231 e. The Kier molecular flexibility index (Phi) is 4.42. The topological polar surface area (TPSA) is 68.5 Å². The molecule has 6 nitrogen and oxygen atoms in total. The van der Waals surface area contributed by atoms with Gasteiger partial charge in [0.1, 0.15) is 5.75 Å². The predicted molar refractivity (Wildman–Crippen MR) is 91.3 cm³/mol. The highest BCUT2D eigenvalue weighted by atomic mass is 16.5. The zero-order valence-electron chi connectivity index (χ0n) is 14.5. The molecule has 1 aromatic carbocycles. The number of nitrogens with zero attached hydrogens (tertiary/aromatic N) is 3. The van der Waals surface area contributed by atoms with Crippen LogP contribution in [0.5, 0.6) is 5.75 Å². The molecular formula is C19H23N3O3. The molecule has 2 fully saturated rings. The van der Waals surface area contributed by atoms with Crippen LogP contribution >= 0.6 is 0 Å². The number of benzene rings is 1. The third-order valence-corrected chi connectivity index (χ3v) is 4.84. The third-order valence-electron chi connectivity index (χ3n) is 4.84. The van der Waals surface area contributed by atoms with Crippen LogP contribution in [0.2, 0.25) is 0 Å². The number of carbonyl (C=O) groups is 1. The fourth-order valence-electron chi connectivity index (χ4n) is 3.25. The molecule has 1 aliphatic heterocycles. The molecule has 2 aromatic rings. The number of carbonyl (C=O) groups excluding carboxylic acids is 1. The van der Waals surface area contributed by atoms with Crippen LogP contribution in [0.15, 0.2) is 28.8 Å².